The highest BCUT2D eigenvalue weighted by atomic mass is 79.9. The minimum absolute atomic E-state index is 0.0115. The molecule has 106 valence electrons. The summed E-state index contributed by atoms with van der Waals surface area (Å²) in [7, 11) is 0. The van der Waals surface area contributed by atoms with Gasteiger partial charge in [-0.15, -0.1) is 0 Å². The molecule has 1 aromatic carbocycles. The van der Waals surface area contributed by atoms with E-state index in [1.54, 1.807) is 24.3 Å². The van der Waals surface area contributed by atoms with Crippen molar-refractivity contribution in [3.8, 4) is 0 Å². The molecule has 4 N–H and O–H groups in total. The Bertz CT molecular complexity index is 600. The van der Waals surface area contributed by atoms with Gasteiger partial charge in [-0.25, -0.2) is 15.8 Å². The van der Waals surface area contributed by atoms with Gasteiger partial charge in [0.2, 0.25) is 5.82 Å². The minimum atomic E-state index is -4.65. The molecule has 20 heavy (non-hydrogen) atoms. The molecule has 0 aliphatic heterocycles. The number of anilines is 3. The Morgan fingerprint density at radius 3 is 2.20 bits per heavy atom. The van der Waals surface area contributed by atoms with Crippen molar-refractivity contribution in [3.05, 3.63) is 40.6 Å². The molecule has 0 unspecified atom stereocenters. The Labute approximate surface area is 120 Å². The Kier molecular flexibility index (Phi) is 4.09. The van der Waals surface area contributed by atoms with Crippen molar-refractivity contribution in [2.45, 2.75) is 6.18 Å². The summed E-state index contributed by atoms with van der Waals surface area (Å²) in [5.41, 5.74) is 2.66. The van der Waals surface area contributed by atoms with E-state index >= 15 is 0 Å². The van der Waals surface area contributed by atoms with E-state index in [0.29, 0.717) is 5.69 Å². The normalized spacial score (nSPS) is 11.2. The lowest BCUT2D eigenvalue weighted by Gasteiger charge is -2.11. The summed E-state index contributed by atoms with van der Waals surface area (Å²) < 4.78 is 38.8. The average molecular weight is 348 g/mol. The zero-order chi connectivity index (χ0) is 14.8. The number of hydrazine groups is 1. The predicted molar refractivity (Wildman–Crippen MR) is 72.3 cm³/mol. The van der Waals surface area contributed by atoms with Crippen LogP contribution in [0.1, 0.15) is 5.82 Å². The zero-order valence-electron chi connectivity index (χ0n) is 9.87. The number of rotatable bonds is 3. The van der Waals surface area contributed by atoms with E-state index in [1.165, 1.54) is 6.07 Å². The first-order chi connectivity index (χ1) is 9.38. The first kappa shape index (κ1) is 14.5. The lowest BCUT2D eigenvalue weighted by Crippen LogP contribution is -2.16. The molecule has 5 nitrogen and oxygen atoms in total. The summed E-state index contributed by atoms with van der Waals surface area (Å²) in [6.45, 7) is 0. The molecule has 2 rings (SSSR count). The quantitative estimate of drug-likeness (QED) is 0.586. The van der Waals surface area contributed by atoms with Gasteiger partial charge in [-0.05, 0) is 24.3 Å². The van der Waals surface area contributed by atoms with Gasteiger partial charge in [0.15, 0.2) is 0 Å². The molecule has 0 saturated carbocycles. The van der Waals surface area contributed by atoms with Crippen LogP contribution in [0.5, 0.6) is 0 Å². The van der Waals surface area contributed by atoms with Gasteiger partial charge in [-0.1, -0.05) is 15.9 Å². The van der Waals surface area contributed by atoms with Crippen LogP contribution in [0, 0.1) is 0 Å². The van der Waals surface area contributed by atoms with Gasteiger partial charge in [0.25, 0.3) is 0 Å². The molecule has 0 bridgehead atoms. The molecule has 9 heteroatoms. The van der Waals surface area contributed by atoms with Crippen LogP contribution in [-0.4, -0.2) is 9.97 Å². The van der Waals surface area contributed by atoms with E-state index in [1.807, 2.05) is 0 Å². The second-order valence-corrected chi connectivity index (χ2v) is 4.65. The number of hydrogen-bond acceptors (Lipinski definition) is 5. The van der Waals surface area contributed by atoms with Crippen molar-refractivity contribution >= 4 is 33.3 Å². The van der Waals surface area contributed by atoms with Crippen LogP contribution in [0.15, 0.2) is 34.8 Å². The van der Waals surface area contributed by atoms with Gasteiger partial charge in [0, 0.05) is 16.2 Å². The number of nitrogen functional groups attached to an aromatic ring is 1. The van der Waals surface area contributed by atoms with E-state index < -0.39 is 12.0 Å². The molecule has 1 aromatic heterocycles. The second-order valence-electron chi connectivity index (χ2n) is 3.74. The molecule has 0 fully saturated rings. The van der Waals surface area contributed by atoms with Crippen molar-refractivity contribution in [1.29, 1.82) is 0 Å². The summed E-state index contributed by atoms with van der Waals surface area (Å²) in [4.78, 5) is 6.68. The molecule has 0 radical (unpaired) electrons. The van der Waals surface area contributed by atoms with Crippen LogP contribution < -0.4 is 16.6 Å². The zero-order valence-corrected chi connectivity index (χ0v) is 11.5. The fourth-order valence-corrected chi connectivity index (χ4v) is 1.66. The Hall–Kier alpha value is -1.87. The van der Waals surface area contributed by atoms with Gasteiger partial charge >= 0.3 is 6.18 Å². The molecular formula is C11H9BrF3N5. The predicted octanol–water partition coefficient (Wildman–Crippen LogP) is 3.29. The smallest absolute Gasteiger partial charge is 0.340 e. The monoisotopic (exact) mass is 347 g/mol. The highest BCUT2D eigenvalue weighted by Crippen LogP contribution is 2.29. The van der Waals surface area contributed by atoms with Crippen molar-refractivity contribution in [1.82, 2.24) is 9.97 Å². The molecule has 0 amide bonds. The molecule has 2 aromatic rings. The number of nitrogens with two attached hydrogens (primary N) is 1. The maximum Gasteiger partial charge on any atom is 0.451 e. The van der Waals surface area contributed by atoms with Crippen molar-refractivity contribution in [3.63, 3.8) is 0 Å². The average Bonchev–Trinajstić information content (AvgIpc) is 2.40. The molecule has 0 aliphatic carbocycles. The first-order valence-electron chi connectivity index (χ1n) is 5.34. The third-order valence-corrected chi connectivity index (χ3v) is 2.77. The lowest BCUT2D eigenvalue weighted by atomic mass is 10.3. The van der Waals surface area contributed by atoms with E-state index in [2.05, 4.69) is 36.6 Å². The molecule has 0 aliphatic rings. The highest BCUT2D eigenvalue weighted by molar-refractivity contribution is 9.10. The Balaban J connectivity index is 2.33. The van der Waals surface area contributed by atoms with Crippen LogP contribution >= 0.6 is 15.9 Å². The van der Waals surface area contributed by atoms with E-state index in [9.17, 15) is 13.2 Å². The Morgan fingerprint density at radius 2 is 1.65 bits per heavy atom. The third-order valence-electron chi connectivity index (χ3n) is 2.24. The maximum atomic E-state index is 12.6. The van der Waals surface area contributed by atoms with Gasteiger partial charge in [-0.3, -0.25) is 0 Å². The van der Waals surface area contributed by atoms with Crippen LogP contribution in [0.25, 0.3) is 0 Å². The molecule has 0 atom stereocenters. The third kappa shape index (κ3) is 3.58. The van der Waals surface area contributed by atoms with Crippen molar-refractivity contribution in [2.75, 3.05) is 10.7 Å². The van der Waals surface area contributed by atoms with Crippen LogP contribution in [0.3, 0.4) is 0 Å². The van der Waals surface area contributed by atoms with Gasteiger partial charge in [-0.2, -0.15) is 13.2 Å². The van der Waals surface area contributed by atoms with Gasteiger partial charge in [0.05, 0.1) is 0 Å². The summed E-state index contributed by atoms with van der Waals surface area (Å²) in [5.74, 6) is 3.69. The SMILES string of the molecule is NNc1cc(Nc2ccc(Br)cc2)nc(C(F)(F)F)n1. The van der Waals surface area contributed by atoms with E-state index in [-0.39, 0.29) is 11.6 Å². The molecule has 0 saturated heterocycles. The fraction of sp³-hybridized carbons (Fsp3) is 0.0909. The summed E-state index contributed by atoms with van der Waals surface area (Å²) in [5, 5.41) is 2.75. The van der Waals surface area contributed by atoms with Gasteiger partial charge < -0.3 is 10.7 Å². The molecular weight excluding hydrogens is 339 g/mol. The van der Waals surface area contributed by atoms with Crippen molar-refractivity contribution in [2.24, 2.45) is 5.84 Å². The van der Waals surface area contributed by atoms with Crippen LogP contribution in [0.4, 0.5) is 30.5 Å². The highest BCUT2D eigenvalue weighted by Gasteiger charge is 2.35. The minimum Gasteiger partial charge on any atom is -0.340 e. The number of nitrogens with one attached hydrogen (secondary N) is 2. The number of hydrogen-bond donors (Lipinski definition) is 3. The van der Waals surface area contributed by atoms with Crippen molar-refractivity contribution < 1.29 is 13.2 Å². The van der Waals surface area contributed by atoms with Crippen LogP contribution in [-0.2, 0) is 6.18 Å². The van der Waals surface area contributed by atoms with E-state index in [4.69, 9.17) is 5.84 Å². The summed E-state index contributed by atoms with van der Waals surface area (Å²) in [6, 6.07) is 8.15. The number of benzene rings is 1. The first-order valence-corrected chi connectivity index (χ1v) is 6.13. The maximum absolute atomic E-state index is 12.6. The lowest BCUT2D eigenvalue weighted by molar-refractivity contribution is -0.144. The number of nitrogens with zero attached hydrogens (tertiary/aromatic N) is 2. The standard InChI is InChI=1S/C11H9BrF3N5/c12-6-1-3-7(4-2-6)17-8-5-9(20-16)19-10(18-8)11(13,14)15/h1-5H,16H2,(H2,17,18,19,20). The van der Waals surface area contributed by atoms with Gasteiger partial charge in [0.1, 0.15) is 11.6 Å². The second kappa shape index (κ2) is 5.63. The summed E-state index contributed by atoms with van der Waals surface area (Å²) >= 11 is 3.26. The number of aromatic nitrogens is 2. The Morgan fingerprint density at radius 1 is 1.05 bits per heavy atom. The number of halogens is 4. The fourth-order valence-electron chi connectivity index (χ4n) is 1.39. The largest absolute Gasteiger partial charge is 0.451 e. The summed E-state index contributed by atoms with van der Waals surface area (Å²) in [6.07, 6.45) is -4.65. The number of alkyl halides is 3. The molecule has 1 heterocycles. The topological polar surface area (TPSA) is 75.9 Å². The molecule has 0 spiro atoms. The van der Waals surface area contributed by atoms with E-state index in [0.717, 1.165) is 4.47 Å². The van der Waals surface area contributed by atoms with Crippen LogP contribution in [0.2, 0.25) is 0 Å².